The standard InChI is InChI=1S/C17H27N3O2.ClH/c1-2-22-16-7-3-5-14(11-16)12-20-10-4-6-15(13-20)17(21)19-9-8-18;/h3,5,7,11,15H,2,4,6,8-10,12-13,18H2,1H3,(H,19,21);1H. The van der Waals surface area contributed by atoms with Crippen molar-refractivity contribution in [3.63, 3.8) is 0 Å². The van der Waals surface area contributed by atoms with E-state index in [4.69, 9.17) is 10.5 Å². The van der Waals surface area contributed by atoms with Gasteiger partial charge in [0.2, 0.25) is 5.91 Å². The fraction of sp³-hybridized carbons (Fsp3) is 0.588. The van der Waals surface area contributed by atoms with Crippen molar-refractivity contribution in [2.24, 2.45) is 11.7 Å². The van der Waals surface area contributed by atoms with Crippen LogP contribution in [0.1, 0.15) is 25.3 Å². The van der Waals surface area contributed by atoms with E-state index >= 15 is 0 Å². The number of nitrogens with one attached hydrogen (secondary N) is 1. The summed E-state index contributed by atoms with van der Waals surface area (Å²) in [7, 11) is 0. The molecule has 130 valence electrons. The van der Waals surface area contributed by atoms with E-state index in [1.165, 1.54) is 5.56 Å². The number of piperidine rings is 1. The Balaban J connectivity index is 0.00000264. The highest BCUT2D eigenvalue weighted by Crippen LogP contribution is 2.20. The molecular weight excluding hydrogens is 314 g/mol. The molecular formula is C17H28ClN3O2. The lowest BCUT2D eigenvalue weighted by molar-refractivity contribution is -0.126. The SMILES string of the molecule is CCOc1cccc(CN2CCCC(C(=O)NCCN)C2)c1.Cl. The molecule has 1 amide bonds. The average molecular weight is 342 g/mol. The molecule has 1 aliphatic rings. The molecule has 1 unspecified atom stereocenters. The molecule has 1 fully saturated rings. The van der Waals surface area contributed by atoms with Gasteiger partial charge in [0.1, 0.15) is 5.75 Å². The van der Waals surface area contributed by atoms with Crippen molar-refractivity contribution >= 4 is 18.3 Å². The van der Waals surface area contributed by atoms with Gasteiger partial charge in [0.15, 0.2) is 0 Å². The van der Waals surface area contributed by atoms with Crippen molar-refractivity contribution in [3.05, 3.63) is 29.8 Å². The zero-order valence-corrected chi connectivity index (χ0v) is 14.6. The minimum atomic E-state index is 0. The van der Waals surface area contributed by atoms with E-state index in [0.29, 0.717) is 19.7 Å². The minimum Gasteiger partial charge on any atom is -0.494 e. The maximum absolute atomic E-state index is 12.1. The third-order valence-electron chi connectivity index (χ3n) is 3.94. The molecule has 2 rings (SSSR count). The minimum absolute atomic E-state index is 0. The van der Waals surface area contributed by atoms with Crippen molar-refractivity contribution < 1.29 is 9.53 Å². The van der Waals surface area contributed by atoms with Gasteiger partial charge < -0.3 is 15.8 Å². The van der Waals surface area contributed by atoms with Crippen molar-refractivity contribution in [2.75, 3.05) is 32.8 Å². The first-order valence-electron chi connectivity index (χ1n) is 8.14. The number of benzene rings is 1. The molecule has 0 saturated carbocycles. The number of halogens is 1. The van der Waals surface area contributed by atoms with Gasteiger partial charge in [0.05, 0.1) is 12.5 Å². The normalized spacial score (nSPS) is 18.1. The van der Waals surface area contributed by atoms with E-state index in [0.717, 1.165) is 38.2 Å². The molecule has 0 radical (unpaired) electrons. The van der Waals surface area contributed by atoms with Gasteiger partial charge in [-0.1, -0.05) is 12.1 Å². The Labute approximate surface area is 145 Å². The molecule has 1 aromatic carbocycles. The summed E-state index contributed by atoms with van der Waals surface area (Å²) >= 11 is 0. The highest BCUT2D eigenvalue weighted by molar-refractivity contribution is 5.85. The second-order valence-corrected chi connectivity index (χ2v) is 5.73. The Morgan fingerprint density at radius 2 is 2.30 bits per heavy atom. The molecule has 1 heterocycles. The highest BCUT2D eigenvalue weighted by Gasteiger charge is 2.25. The summed E-state index contributed by atoms with van der Waals surface area (Å²) in [5, 5.41) is 2.90. The average Bonchev–Trinajstić information content (AvgIpc) is 2.53. The number of nitrogens with two attached hydrogens (primary N) is 1. The van der Waals surface area contributed by atoms with Gasteiger partial charge in [-0.2, -0.15) is 0 Å². The van der Waals surface area contributed by atoms with E-state index in [-0.39, 0.29) is 24.2 Å². The Kier molecular flexibility index (Phi) is 8.99. The maximum atomic E-state index is 12.1. The van der Waals surface area contributed by atoms with Gasteiger partial charge in [0, 0.05) is 26.2 Å². The van der Waals surface area contributed by atoms with Crippen molar-refractivity contribution in [2.45, 2.75) is 26.3 Å². The fourth-order valence-corrected chi connectivity index (χ4v) is 2.91. The molecule has 0 bridgehead atoms. The quantitative estimate of drug-likeness (QED) is 0.793. The summed E-state index contributed by atoms with van der Waals surface area (Å²) in [5.74, 6) is 1.13. The second kappa shape index (κ2) is 10.5. The van der Waals surface area contributed by atoms with Crippen LogP contribution in [0.4, 0.5) is 0 Å². The molecule has 1 aliphatic heterocycles. The van der Waals surface area contributed by atoms with Crippen LogP contribution in [0.2, 0.25) is 0 Å². The predicted molar refractivity (Wildman–Crippen MR) is 94.9 cm³/mol. The Hall–Kier alpha value is -1.30. The van der Waals surface area contributed by atoms with Crippen molar-refractivity contribution in [1.82, 2.24) is 10.2 Å². The monoisotopic (exact) mass is 341 g/mol. The van der Waals surface area contributed by atoms with Gasteiger partial charge in [0.25, 0.3) is 0 Å². The third-order valence-corrected chi connectivity index (χ3v) is 3.94. The topological polar surface area (TPSA) is 67.6 Å². The number of nitrogens with zero attached hydrogens (tertiary/aromatic N) is 1. The predicted octanol–water partition coefficient (Wildman–Crippen LogP) is 1.79. The number of rotatable bonds is 7. The summed E-state index contributed by atoms with van der Waals surface area (Å²) in [4.78, 5) is 14.4. The zero-order chi connectivity index (χ0) is 15.8. The summed E-state index contributed by atoms with van der Waals surface area (Å²) in [6.45, 7) is 6.44. The van der Waals surface area contributed by atoms with Gasteiger partial charge in [-0.05, 0) is 44.0 Å². The lowest BCUT2D eigenvalue weighted by atomic mass is 9.96. The van der Waals surface area contributed by atoms with Crippen molar-refractivity contribution in [1.29, 1.82) is 0 Å². The lowest BCUT2D eigenvalue weighted by Crippen LogP contribution is -2.43. The summed E-state index contributed by atoms with van der Waals surface area (Å²) in [6.07, 6.45) is 2.03. The van der Waals surface area contributed by atoms with Crippen molar-refractivity contribution in [3.8, 4) is 5.75 Å². The molecule has 3 N–H and O–H groups in total. The maximum Gasteiger partial charge on any atom is 0.224 e. The van der Waals surface area contributed by atoms with Crippen LogP contribution in [0.3, 0.4) is 0 Å². The number of hydrogen-bond donors (Lipinski definition) is 2. The molecule has 0 aromatic heterocycles. The first-order chi connectivity index (χ1) is 10.7. The summed E-state index contributed by atoms with van der Waals surface area (Å²) in [5.41, 5.74) is 6.67. The number of ether oxygens (including phenoxy) is 1. The molecule has 1 atom stereocenters. The van der Waals surface area contributed by atoms with Gasteiger partial charge in [-0.3, -0.25) is 9.69 Å². The third kappa shape index (κ3) is 6.37. The number of amides is 1. The van der Waals surface area contributed by atoms with Gasteiger partial charge >= 0.3 is 0 Å². The van der Waals surface area contributed by atoms with Gasteiger partial charge in [-0.15, -0.1) is 12.4 Å². The van der Waals surface area contributed by atoms with Crippen LogP contribution in [-0.2, 0) is 11.3 Å². The van der Waals surface area contributed by atoms with E-state index < -0.39 is 0 Å². The molecule has 1 aromatic rings. The van der Waals surface area contributed by atoms with Crippen LogP contribution in [0.25, 0.3) is 0 Å². The van der Waals surface area contributed by atoms with Crippen LogP contribution < -0.4 is 15.8 Å². The van der Waals surface area contributed by atoms with E-state index in [9.17, 15) is 4.79 Å². The van der Waals surface area contributed by atoms with Crippen LogP contribution in [0, 0.1) is 5.92 Å². The number of carbonyl (C=O) groups is 1. The fourth-order valence-electron chi connectivity index (χ4n) is 2.91. The van der Waals surface area contributed by atoms with Crippen LogP contribution in [-0.4, -0.2) is 43.6 Å². The number of carbonyl (C=O) groups excluding carboxylic acids is 1. The summed E-state index contributed by atoms with van der Waals surface area (Å²) < 4.78 is 5.54. The largest absolute Gasteiger partial charge is 0.494 e. The first kappa shape index (κ1) is 19.7. The highest BCUT2D eigenvalue weighted by atomic mass is 35.5. The number of hydrogen-bond acceptors (Lipinski definition) is 4. The molecule has 6 heteroatoms. The van der Waals surface area contributed by atoms with Crippen LogP contribution >= 0.6 is 12.4 Å². The second-order valence-electron chi connectivity index (χ2n) is 5.73. The van der Waals surface area contributed by atoms with E-state index in [2.05, 4.69) is 22.3 Å². The van der Waals surface area contributed by atoms with Gasteiger partial charge in [-0.25, -0.2) is 0 Å². The summed E-state index contributed by atoms with van der Waals surface area (Å²) in [6, 6.07) is 8.20. The van der Waals surface area contributed by atoms with Crippen LogP contribution in [0.5, 0.6) is 5.75 Å². The van der Waals surface area contributed by atoms with E-state index in [1.807, 2.05) is 19.1 Å². The Morgan fingerprint density at radius 3 is 3.04 bits per heavy atom. The molecule has 5 nitrogen and oxygen atoms in total. The Bertz CT molecular complexity index is 485. The van der Waals surface area contributed by atoms with E-state index in [1.54, 1.807) is 0 Å². The first-order valence-corrected chi connectivity index (χ1v) is 8.14. The zero-order valence-electron chi connectivity index (χ0n) is 13.8. The molecule has 1 saturated heterocycles. The smallest absolute Gasteiger partial charge is 0.224 e. The Morgan fingerprint density at radius 1 is 1.48 bits per heavy atom. The lowest BCUT2D eigenvalue weighted by Gasteiger charge is -2.32. The number of likely N-dealkylation sites (tertiary alicyclic amines) is 1. The molecule has 23 heavy (non-hydrogen) atoms. The van der Waals surface area contributed by atoms with Crippen LogP contribution in [0.15, 0.2) is 24.3 Å². The molecule has 0 spiro atoms. The molecule has 0 aliphatic carbocycles.